The molecule has 0 saturated carbocycles. The van der Waals surface area contributed by atoms with Crippen LogP contribution in [0.15, 0.2) is 71.6 Å². The van der Waals surface area contributed by atoms with E-state index in [1.807, 2.05) is 6.92 Å². The fourth-order valence-corrected chi connectivity index (χ4v) is 6.18. The van der Waals surface area contributed by atoms with Crippen LogP contribution in [0, 0.1) is 6.92 Å². The molecule has 2 amide bonds. The first kappa shape index (κ1) is 31.7. The molecule has 1 N–H and O–H groups in total. The number of anilines is 1. The van der Waals surface area contributed by atoms with Crippen molar-refractivity contribution in [3.8, 4) is 0 Å². The van der Waals surface area contributed by atoms with Crippen LogP contribution in [0.4, 0.5) is 5.69 Å². The van der Waals surface area contributed by atoms with E-state index >= 15 is 0 Å². The third-order valence-corrected chi connectivity index (χ3v) is 9.19. The predicted octanol–water partition coefficient (Wildman–Crippen LogP) is 6.48. The van der Waals surface area contributed by atoms with E-state index in [1.54, 1.807) is 56.3 Å². The molecule has 0 fully saturated rings. The topological polar surface area (TPSA) is 86.8 Å². The minimum Gasteiger partial charge on any atom is -0.354 e. The number of amides is 2. The summed E-state index contributed by atoms with van der Waals surface area (Å²) in [5, 5.41) is 3.88. The minimum absolute atomic E-state index is 0.0287. The van der Waals surface area contributed by atoms with Crippen molar-refractivity contribution in [2.24, 2.45) is 0 Å². The molecule has 0 aliphatic rings. The number of unbranched alkanes of at least 4 members (excludes halogenated alkanes) is 1. The van der Waals surface area contributed by atoms with E-state index in [0.717, 1.165) is 17.1 Å². The van der Waals surface area contributed by atoms with Gasteiger partial charge in [0.2, 0.25) is 11.8 Å². The third-order valence-electron chi connectivity index (χ3n) is 6.45. The van der Waals surface area contributed by atoms with Crippen molar-refractivity contribution in [2.45, 2.75) is 51.1 Å². The van der Waals surface area contributed by atoms with Gasteiger partial charge in [0.25, 0.3) is 10.0 Å². The Kier molecular flexibility index (Phi) is 11.3. The normalized spacial score (nSPS) is 12.1. The zero-order valence-electron chi connectivity index (χ0n) is 22.5. The summed E-state index contributed by atoms with van der Waals surface area (Å²) in [6, 6.07) is 16.6. The maximum Gasteiger partial charge on any atom is 0.264 e. The van der Waals surface area contributed by atoms with Gasteiger partial charge in [-0.2, -0.15) is 0 Å². The number of carbonyl (C=O) groups is 2. The lowest BCUT2D eigenvalue weighted by molar-refractivity contribution is -0.139. The van der Waals surface area contributed by atoms with Gasteiger partial charge in [0.1, 0.15) is 12.6 Å². The smallest absolute Gasteiger partial charge is 0.264 e. The Morgan fingerprint density at radius 3 is 2.15 bits per heavy atom. The van der Waals surface area contributed by atoms with Gasteiger partial charge >= 0.3 is 0 Å². The summed E-state index contributed by atoms with van der Waals surface area (Å²) >= 11 is 18.8. The number of para-hydroxylation sites is 1. The predicted molar refractivity (Wildman–Crippen MR) is 162 cm³/mol. The monoisotopic (exact) mass is 623 g/mol. The van der Waals surface area contributed by atoms with Gasteiger partial charge in [-0.25, -0.2) is 8.42 Å². The summed E-state index contributed by atoms with van der Waals surface area (Å²) in [7, 11) is -4.20. The molecule has 0 heterocycles. The van der Waals surface area contributed by atoms with Gasteiger partial charge in [-0.15, -0.1) is 0 Å². The number of benzene rings is 3. The van der Waals surface area contributed by atoms with E-state index < -0.39 is 28.5 Å². The quantitative estimate of drug-likeness (QED) is 0.234. The number of nitrogens with zero attached hydrogens (tertiary/aromatic N) is 2. The highest BCUT2D eigenvalue weighted by Crippen LogP contribution is 2.30. The number of carbonyl (C=O) groups excluding carboxylic acids is 2. The average molecular weight is 625 g/mol. The number of aryl methyl sites for hydroxylation is 1. The zero-order chi connectivity index (χ0) is 29.4. The zero-order valence-corrected chi connectivity index (χ0v) is 25.6. The minimum atomic E-state index is -4.20. The molecule has 0 radical (unpaired) electrons. The van der Waals surface area contributed by atoms with Crippen LogP contribution in [0.1, 0.15) is 37.8 Å². The van der Waals surface area contributed by atoms with Gasteiger partial charge in [0, 0.05) is 33.7 Å². The number of halogens is 3. The summed E-state index contributed by atoms with van der Waals surface area (Å²) in [6.07, 6.45) is 1.67. The first-order valence-electron chi connectivity index (χ1n) is 12.8. The molecule has 0 unspecified atom stereocenters. The first-order valence-corrected chi connectivity index (χ1v) is 15.4. The van der Waals surface area contributed by atoms with Gasteiger partial charge < -0.3 is 10.2 Å². The molecule has 0 aromatic heterocycles. The average Bonchev–Trinajstić information content (AvgIpc) is 2.92. The molecule has 0 aliphatic carbocycles. The van der Waals surface area contributed by atoms with E-state index in [4.69, 9.17) is 34.8 Å². The van der Waals surface area contributed by atoms with Crippen molar-refractivity contribution in [3.05, 3.63) is 92.9 Å². The fourth-order valence-electron chi connectivity index (χ4n) is 4.06. The number of sulfonamides is 1. The van der Waals surface area contributed by atoms with Crippen molar-refractivity contribution in [1.82, 2.24) is 10.2 Å². The Hall–Kier alpha value is -2.78. The summed E-state index contributed by atoms with van der Waals surface area (Å²) in [5.74, 6) is -0.970. The Bertz CT molecular complexity index is 1430. The fraction of sp³-hybridized carbons (Fsp3) is 0.310. The Labute approximate surface area is 251 Å². The SMILES string of the molecule is CCCCNC(=O)[C@H](C)N(Cc1c(Cl)cccc1Cl)C(=O)CN(c1ccccc1C)S(=O)(=O)c1ccc(Cl)cc1. The van der Waals surface area contributed by atoms with Crippen molar-refractivity contribution in [1.29, 1.82) is 0 Å². The first-order chi connectivity index (χ1) is 19.0. The molecular formula is C29H32Cl3N3O4S. The number of hydrogen-bond donors (Lipinski definition) is 1. The van der Waals surface area contributed by atoms with Crippen LogP contribution >= 0.6 is 34.8 Å². The molecule has 1 atom stereocenters. The molecule has 11 heteroatoms. The molecule has 3 aromatic rings. The molecule has 0 spiro atoms. The van der Waals surface area contributed by atoms with Crippen LogP contribution in [0.3, 0.4) is 0 Å². The van der Waals surface area contributed by atoms with Crippen LogP contribution < -0.4 is 9.62 Å². The maximum absolute atomic E-state index is 14.0. The molecular weight excluding hydrogens is 593 g/mol. The van der Waals surface area contributed by atoms with Crippen LogP contribution in [0.25, 0.3) is 0 Å². The van der Waals surface area contributed by atoms with E-state index in [9.17, 15) is 18.0 Å². The van der Waals surface area contributed by atoms with E-state index in [2.05, 4.69) is 5.32 Å². The highest BCUT2D eigenvalue weighted by Gasteiger charge is 2.33. The maximum atomic E-state index is 14.0. The van der Waals surface area contributed by atoms with E-state index in [1.165, 1.54) is 29.2 Å². The van der Waals surface area contributed by atoms with Crippen LogP contribution in [0.2, 0.25) is 15.1 Å². The molecule has 0 saturated heterocycles. The molecule has 40 heavy (non-hydrogen) atoms. The summed E-state index contributed by atoms with van der Waals surface area (Å²) in [5.41, 5.74) is 1.44. The second kappa shape index (κ2) is 14.2. The molecule has 214 valence electrons. The second-order valence-electron chi connectivity index (χ2n) is 9.29. The number of rotatable bonds is 12. The molecule has 3 aromatic carbocycles. The molecule has 0 aliphatic heterocycles. The van der Waals surface area contributed by atoms with Crippen molar-refractivity contribution in [2.75, 3.05) is 17.4 Å². The van der Waals surface area contributed by atoms with E-state index in [-0.39, 0.29) is 17.3 Å². The summed E-state index contributed by atoms with van der Waals surface area (Å²) < 4.78 is 28.8. The molecule has 0 bridgehead atoms. The van der Waals surface area contributed by atoms with Gasteiger partial charge in [-0.05, 0) is 68.3 Å². The van der Waals surface area contributed by atoms with Crippen LogP contribution in [0.5, 0.6) is 0 Å². The Morgan fingerprint density at radius 1 is 0.925 bits per heavy atom. The summed E-state index contributed by atoms with van der Waals surface area (Å²) in [6.45, 7) is 5.15. The van der Waals surface area contributed by atoms with Gasteiger partial charge in [-0.1, -0.05) is 72.4 Å². The largest absolute Gasteiger partial charge is 0.354 e. The number of nitrogens with one attached hydrogen (secondary N) is 1. The van der Waals surface area contributed by atoms with Gasteiger partial charge in [0.15, 0.2) is 0 Å². The summed E-state index contributed by atoms with van der Waals surface area (Å²) in [4.78, 5) is 28.3. The van der Waals surface area contributed by atoms with Crippen LogP contribution in [-0.4, -0.2) is 44.3 Å². The number of hydrogen-bond acceptors (Lipinski definition) is 4. The van der Waals surface area contributed by atoms with Crippen LogP contribution in [-0.2, 0) is 26.2 Å². The van der Waals surface area contributed by atoms with Gasteiger partial charge in [-0.3, -0.25) is 13.9 Å². The van der Waals surface area contributed by atoms with Gasteiger partial charge in [0.05, 0.1) is 10.6 Å². The van der Waals surface area contributed by atoms with Crippen molar-refractivity contribution in [3.63, 3.8) is 0 Å². The molecule has 3 rings (SSSR count). The lowest BCUT2D eigenvalue weighted by Crippen LogP contribution is -2.51. The van der Waals surface area contributed by atoms with Crippen molar-refractivity contribution < 1.29 is 18.0 Å². The lowest BCUT2D eigenvalue weighted by atomic mass is 10.1. The second-order valence-corrected chi connectivity index (χ2v) is 12.4. The Balaban J connectivity index is 2.05. The standard InChI is InChI=1S/C29H32Cl3N3O4S/c1-4-5-17-33-29(37)21(3)34(18-24-25(31)10-8-11-26(24)32)28(36)19-35(27-12-7-6-9-20(27)2)40(38,39)23-15-13-22(30)14-16-23/h6-16,21H,4-5,17-19H2,1-3H3,(H,33,37)/t21-/m0/s1. The third kappa shape index (κ3) is 7.69. The highest BCUT2D eigenvalue weighted by molar-refractivity contribution is 7.92. The lowest BCUT2D eigenvalue weighted by Gasteiger charge is -2.32. The van der Waals surface area contributed by atoms with Crippen molar-refractivity contribution >= 4 is 62.3 Å². The van der Waals surface area contributed by atoms with E-state index in [0.29, 0.717) is 38.4 Å². The highest BCUT2D eigenvalue weighted by atomic mass is 35.5. The molecule has 7 nitrogen and oxygen atoms in total. The Morgan fingerprint density at radius 2 is 1.55 bits per heavy atom.